The summed E-state index contributed by atoms with van der Waals surface area (Å²) >= 11 is 0. The number of sulfonamides is 1. The minimum Gasteiger partial charge on any atom is -0.379 e. The topological polar surface area (TPSA) is 96.0 Å². The minimum absolute atomic E-state index is 0.0517. The van der Waals surface area contributed by atoms with Crippen LogP contribution in [0.25, 0.3) is 6.08 Å². The Hall–Kier alpha value is -3.08. The maximum absolute atomic E-state index is 14.4. The van der Waals surface area contributed by atoms with E-state index in [0.29, 0.717) is 0 Å². The van der Waals surface area contributed by atoms with Gasteiger partial charge in [-0.05, 0) is 35.4 Å². The molecule has 0 aliphatic carbocycles. The Morgan fingerprint density at radius 3 is 2.61 bits per heavy atom. The molecular formula is C23H24FN3O5S. The lowest BCUT2D eigenvalue weighted by Gasteiger charge is -2.32. The highest BCUT2D eigenvalue weighted by Gasteiger charge is 2.31. The largest absolute Gasteiger partial charge is 0.379 e. The molecule has 33 heavy (non-hydrogen) atoms. The summed E-state index contributed by atoms with van der Waals surface area (Å²) in [5.41, 5.74) is 1.90. The lowest BCUT2D eigenvalue weighted by atomic mass is 9.93. The number of hydrogen-bond donors (Lipinski definition) is 1. The van der Waals surface area contributed by atoms with Crippen molar-refractivity contribution in [3.05, 3.63) is 65.6 Å². The van der Waals surface area contributed by atoms with Crippen molar-refractivity contribution in [3.8, 4) is 0 Å². The van der Waals surface area contributed by atoms with E-state index in [9.17, 15) is 22.4 Å². The van der Waals surface area contributed by atoms with E-state index in [4.69, 9.17) is 4.74 Å². The second-order valence-corrected chi connectivity index (χ2v) is 9.71. The number of amides is 2. The Bertz CT molecular complexity index is 1210. The van der Waals surface area contributed by atoms with Crippen molar-refractivity contribution in [3.63, 3.8) is 0 Å². The van der Waals surface area contributed by atoms with Crippen molar-refractivity contribution in [1.29, 1.82) is 0 Å². The molecular weight excluding hydrogens is 449 g/mol. The van der Waals surface area contributed by atoms with E-state index in [1.54, 1.807) is 6.20 Å². The molecule has 0 aromatic heterocycles. The number of nitrogens with zero attached hydrogens (tertiary/aromatic N) is 2. The van der Waals surface area contributed by atoms with Crippen LogP contribution in [0, 0.1) is 5.82 Å². The fraction of sp³-hybridized carbons (Fsp3) is 0.304. The maximum Gasteiger partial charge on any atom is 0.246 e. The molecule has 2 amide bonds. The first-order valence-electron chi connectivity index (χ1n) is 10.5. The summed E-state index contributed by atoms with van der Waals surface area (Å²) in [6.45, 7) is 2.16. The molecule has 2 aromatic rings. The lowest BCUT2D eigenvalue weighted by molar-refractivity contribution is -0.129. The number of nitrogens with one attached hydrogen (secondary N) is 1. The van der Waals surface area contributed by atoms with Crippen molar-refractivity contribution in [2.75, 3.05) is 31.6 Å². The molecule has 0 radical (unpaired) electrons. The number of hydrogen-bond acceptors (Lipinski definition) is 5. The Balaban J connectivity index is 1.55. The van der Waals surface area contributed by atoms with Crippen LogP contribution in [0.2, 0.25) is 0 Å². The monoisotopic (exact) mass is 473 g/mol. The quantitative estimate of drug-likeness (QED) is 0.721. The number of fused-ring (bicyclic) bond motifs is 1. The third-order valence-corrected chi connectivity index (χ3v) is 7.56. The zero-order valence-electron chi connectivity index (χ0n) is 18.0. The van der Waals surface area contributed by atoms with Gasteiger partial charge >= 0.3 is 0 Å². The zero-order chi connectivity index (χ0) is 23.6. The Labute approximate surface area is 191 Å². The fourth-order valence-electron chi connectivity index (χ4n) is 4.01. The lowest BCUT2D eigenvalue weighted by Crippen LogP contribution is -2.40. The summed E-state index contributed by atoms with van der Waals surface area (Å²) < 4.78 is 46.5. The first-order valence-corrected chi connectivity index (χ1v) is 11.9. The van der Waals surface area contributed by atoms with Gasteiger partial charge in [-0.25, -0.2) is 12.8 Å². The summed E-state index contributed by atoms with van der Waals surface area (Å²) in [5.74, 6) is -1.54. The Morgan fingerprint density at radius 2 is 1.88 bits per heavy atom. The molecule has 1 saturated heterocycles. The number of carbonyl (C=O) groups is 2. The second kappa shape index (κ2) is 9.42. The molecule has 2 aromatic carbocycles. The average molecular weight is 474 g/mol. The molecule has 0 unspecified atom stereocenters. The van der Waals surface area contributed by atoms with Crippen LogP contribution in [0.5, 0.6) is 0 Å². The van der Waals surface area contributed by atoms with E-state index in [1.807, 2.05) is 30.3 Å². The molecule has 1 atom stereocenters. The Morgan fingerprint density at radius 1 is 1.15 bits per heavy atom. The standard InChI is InChI=1S/C23H24FN3O5S/c1-16(28)27-9-8-17-4-2-3-5-19(17)21(27)15-23(29)25-18-6-7-20(24)22(14-18)33(30,31)26-10-12-32-13-11-26/h2-9,14,21H,10-13,15H2,1H3,(H,25,29)/t21-/m1/s1. The van der Waals surface area contributed by atoms with Crippen LogP contribution in [0.15, 0.2) is 53.6 Å². The summed E-state index contributed by atoms with van der Waals surface area (Å²) in [6, 6.07) is 10.4. The van der Waals surface area contributed by atoms with Gasteiger partial charge in [-0.1, -0.05) is 24.3 Å². The van der Waals surface area contributed by atoms with Gasteiger partial charge in [0.05, 0.1) is 25.7 Å². The number of anilines is 1. The van der Waals surface area contributed by atoms with Crippen molar-refractivity contribution < 1.29 is 27.1 Å². The van der Waals surface area contributed by atoms with E-state index in [-0.39, 0.29) is 44.3 Å². The number of ether oxygens (including phenoxy) is 1. The predicted molar refractivity (Wildman–Crippen MR) is 120 cm³/mol. The van der Waals surface area contributed by atoms with Crippen molar-refractivity contribution in [2.45, 2.75) is 24.3 Å². The van der Waals surface area contributed by atoms with Crippen LogP contribution in [-0.2, 0) is 24.3 Å². The predicted octanol–water partition coefficient (Wildman–Crippen LogP) is 2.75. The zero-order valence-corrected chi connectivity index (χ0v) is 18.8. The molecule has 0 bridgehead atoms. The third kappa shape index (κ3) is 4.82. The van der Waals surface area contributed by atoms with Crippen LogP contribution in [0.1, 0.15) is 30.5 Å². The highest BCUT2D eigenvalue weighted by Crippen LogP contribution is 2.33. The first-order chi connectivity index (χ1) is 15.8. The Kier molecular flexibility index (Phi) is 6.59. The van der Waals surface area contributed by atoms with Crippen LogP contribution in [0.4, 0.5) is 10.1 Å². The van der Waals surface area contributed by atoms with Gasteiger partial charge < -0.3 is 15.0 Å². The molecule has 0 spiro atoms. The summed E-state index contributed by atoms with van der Waals surface area (Å²) in [4.78, 5) is 26.0. The fourth-order valence-corrected chi connectivity index (χ4v) is 5.50. The van der Waals surface area contributed by atoms with Gasteiger partial charge in [0, 0.05) is 31.9 Å². The minimum atomic E-state index is -4.07. The summed E-state index contributed by atoms with van der Waals surface area (Å²) in [7, 11) is -4.07. The number of morpholine rings is 1. The smallest absolute Gasteiger partial charge is 0.246 e. The summed E-state index contributed by atoms with van der Waals surface area (Å²) in [5, 5.41) is 2.65. The number of halogens is 1. The molecule has 2 aliphatic heterocycles. The molecule has 174 valence electrons. The van der Waals surface area contributed by atoms with Gasteiger partial charge in [-0.2, -0.15) is 4.31 Å². The number of carbonyl (C=O) groups excluding carboxylic acids is 2. The summed E-state index contributed by atoms with van der Waals surface area (Å²) in [6.07, 6.45) is 3.41. The molecule has 8 nitrogen and oxygen atoms in total. The highest BCUT2D eigenvalue weighted by atomic mass is 32.2. The van der Waals surface area contributed by atoms with Gasteiger partial charge in [0.1, 0.15) is 10.7 Å². The average Bonchev–Trinajstić information content (AvgIpc) is 2.80. The molecule has 0 saturated carbocycles. The third-order valence-electron chi connectivity index (χ3n) is 5.65. The van der Waals surface area contributed by atoms with E-state index >= 15 is 0 Å². The number of benzene rings is 2. The van der Waals surface area contributed by atoms with Crippen molar-refractivity contribution in [1.82, 2.24) is 9.21 Å². The molecule has 1 fully saturated rings. The molecule has 2 aliphatic rings. The van der Waals surface area contributed by atoms with E-state index in [1.165, 1.54) is 17.9 Å². The first kappa shape index (κ1) is 23.1. The maximum atomic E-state index is 14.4. The number of rotatable bonds is 5. The van der Waals surface area contributed by atoms with Gasteiger partial charge in [-0.15, -0.1) is 0 Å². The molecule has 1 N–H and O–H groups in total. The molecule has 2 heterocycles. The van der Waals surface area contributed by atoms with Gasteiger partial charge in [0.25, 0.3) is 0 Å². The van der Waals surface area contributed by atoms with E-state index in [2.05, 4.69) is 5.32 Å². The molecule has 4 rings (SSSR count). The van der Waals surface area contributed by atoms with Gasteiger partial charge in [-0.3, -0.25) is 9.59 Å². The van der Waals surface area contributed by atoms with Crippen molar-refractivity contribution >= 4 is 33.6 Å². The second-order valence-electron chi connectivity index (χ2n) is 7.80. The van der Waals surface area contributed by atoms with Crippen molar-refractivity contribution in [2.24, 2.45) is 0 Å². The van der Waals surface area contributed by atoms with Gasteiger partial charge in [0.15, 0.2) is 0 Å². The van der Waals surface area contributed by atoms with Gasteiger partial charge in [0.2, 0.25) is 21.8 Å². The SMILES string of the molecule is CC(=O)N1C=Cc2ccccc2[C@H]1CC(=O)Nc1ccc(F)c(S(=O)(=O)N2CCOCC2)c1. The highest BCUT2D eigenvalue weighted by molar-refractivity contribution is 7.89. The van der Waals surface area contributed by atoms with Crippen LogP contribution in [0.3, 0.4) is 0 Å². The van der Waals surface area contributed by atoms with Crippen LogP contribution < -0.4 is 5.32 Å². The van der Waals surface area contributed by atoms with E-state index < -0.39 is 32.7 Å². The van der Waals surface area contributed by atoms with Crippen LogP contribution in [-0.4, -0.2) is 55.7 Å². The van der Waals surface area contributed by atoms with Crippen LogP contribution >= 0.6 is 0 Å². The van der Waals surface area contributed by atoms with E-state index in [0.717, 1.165) is 27.6 Å². The molecule has 10 heteroatoms. The normalized spacial score (nSPS) is 18.6.